The summed E-state index contributed by atoms with van der Waals surface area (Å²) < 4.78 is 2.97. The van der Waals surface area contributed by atoms with E-state index >= 15 is 0 Å². The number of para-hydroxylation sites is 1. The van der Waals surface area contributed by atoms with Gasteiger partial charge in [-0.1, -0.05) is 12.1 Å². The molecule has 3 N–H and O–H groups in total. The van der Waals surface area contributed by atoms with E-state index in [-0.39, 0.29) is 24.7 Å². The van der Waals surface area contributed by atoms with Crippen LogP contribution >= 0.6 is 24.4 Å². The van der Waals surface area contributed by atoms with Crippen LogP contribution in [0.25, 0.3) is 0 Å². The second-order valence-electron chi connectivity index (χ2n) is 2.87. The van der Waals surface area contributed by atoms with Crippen molar-refractivity contribution in [2.75, 3.05) is 0 Å². The van der Waals surface area contributed by atoms with Crippen molar-refractivity contribution in [1.29, 1.82) is 0 Å². The molecule has 1 aromatic carbocycles. The zero-order valence-electron chi connectivity index (χ0n) is 7.77. The lowest BCUT2D eigenvalue weighted by Gasteiger charge is -2.14. The molecule has 0 saturated carbocycles. The van der Waals surface area contributed by atoms with Crippen LogP contribution in [0.4, 0.5) is 5.69 Å². The van der Waals surface area contributed by atoms with Gasteiger partial charge < -0.3 is 10.5 Å². The molecule has 1 aliphatic heterocycles. The van der Waals surface area contributed by atoms with Crippen LogP contribution in [0.3, 0.4) is 0 Å². The summed E-state index contributed by atoms with van der Waals surface area (Å²) in [6, 6.07) is 7.74. The molecule has 0 saturated heterocycles. The van der Waals surface area contributed by atoms with Crippen LogP contribution in [0.1, 0.15) is 6.42 Å². The minimum atomic E-state index is -0.378. The number of nitrogens with two attached hydrogens (primary N) is 1. The predicted molar refractivity (Wildman–Crippen MR) is 63.6 cm³/mol. The van der Waals surface area contributed by atoms with Crippen molar-refractivity contribution in [3.05, 3.63) is 24.3 Å². The highest BCUT2D eigenvalue weighted by atomic mass is 35.5. The zero-order valence-corrected chi connectivity index (χ0v) is 9.40. The van der Waals surface area contributed by atoms with E-state index in [9.17, 15) is 4.79 Å². The first-order valence-electron chi connectivity index (χ1n) is 4.13. The largest absolute Gasteiger partial charge is 0.369 e. The number of halogens is 1. The Morgan fingerprint density at radius 1 is 1.47 bits per heavy atom. The molecule has 4 nitrogen and oxygen atoms in total. The van der Waals surface area contributed by atoms with Gasteiger partial charge in [-0.3, -0.25) is 4.79 Å². The zero-order chi connectivity index (χ0) is 9.97. The van der Waals surface area contributed by atoms with Crippen molar-refractivity contribution in [2.24, 2.45) is 10.7 Å². The van der Waals surface area contributed by atoms with Gasteiger partial charge in [0, 0.05) is 0 Å². The van der Waals surface area contributed by atoms with Crippen molar-refractivity contribution >= 4 is 41.8 Å². The summed E-state index contributed by atoms with van der Waals surface area (Å²) in [4.78, 5) is 16.0. The number of aliphatic imine (C=N–C) groups is 1. The van der Waals surface area contributed by atoms with Gasteiger partial charge in [0.1, 0.15) is 5.84 Å². The van der Waals surface area contributed by atoms with Gasteiger partial charge in [0.25, 0.3) is 0 Å². The van der Waals surface area contributed by atoms with Crippen molar-refractivity contribution in [3.8, 4) is 0 Å². The number of carbonyl (C=O) groups is 1. The van der Waals surface area contributed by atoms with Gasteiger partial charge in [-0.15, -0.1) is 12.4 Å². The van der Waals surface area contributed by atoms with Gasteiger partial charge in [-0.05, 0) is 24.1 Å². The van der Waals surface area contributed by atoms with Gasteiger partial charge in [0.15, 0.2) is 0 Å². The summed E-state index contributed by atoms with van der Waals surface area (Å²) in [7, 11) is 0. The SMILES string of the molecule is Cl.NC(=O)CC1=Nc2ccccc2SN1. The lowest BCUT2D eigenvalue weighted by molar-refractivity contribution is -0.116. The minimum Gasteiger partial charge on any atom is -0.369 e. The summed E-state index contributed by atoms with van der Waals surface area (Å²) in [5, 5.41) is 0. The molecule has 6 heteroatoms. The molecule has 2 rings (SSSR count). The Labute approximate surface area is 97.9 Å². The van der Waals surface area contributed by atoms with Crippen LogP contribution in [-0.4, -0.2) is 11.7 Å². The van der Waals surface area contributed by atoms with E-state index < -0.39 is 0 Å². The molecule has 0 aromatic heterocycles. The average molecular weight is 244 g/mol. The number of hydrogen-bond donors (Lipinski definition) is 2. The van der Waals surface area contributed by atoms with Crippen LogP contribution in [0.5, 0.6) is 0 Å². The number of amidine groups is 1. The summed E-state index contributed by atoms with van der Waals surface area (Å²) in [6.45, 7) is 0. The maximum Gasteiger partial charge on any atom is 0.225 e. The van der Waals surface area contributed by atoms with Gasteiger partial charge >= 0.3 is 0 Å². The number of rotatable bonds is 2. The Balaban J connectivity index is 0.00000112. The van der Waals surface area contributed by atoms with Gasteiger partial charge in [-0.2, -0.15) is 0 Å². The van der Waals surface area contributed by atoms with Crippen LogP contribution in [0.2, 0.25) is 0 Å². The van der Waals surface area contributed by atoms with Crippen LogP contribution in [-0.2, 0) is 4.79 Å². The Morgan fingerprint density at radius 3 is 2.93 bits per heavy atom. The highest BCUT2D eigenvalue weighted by molar-refractivity contribution is 7.98. The number of hydrogen-bond acceptors (Lipinski definition) is 4. The van der Waals surface area contributed by atoms with E-state index in [1.807, 2.05) is 24.3 Å². The molecule has 0 atom stereocenters. The van der Waals surface area contributed by atoms with Crippen molar-refractivity contribution in [3.63, 3.8) is 0 Å². The number of fused-ring (bicyclic) bond motifs is 1. The van der Waals surface area contributed by atoms with Crippen molar-refractivity contribution < 1.29 is 4.79 Å². The van der Waals surface area contributed by atoms with Gasteiger partial charge in [-0.25, -0.2) is 4.99 Å². The molecule has 0 unspecified atom stereocenters. The first kappa shape index (κ1) is 11.9. The molecule has 0 fully saturated rings. The van der Waals surface area contributed by atoms with E-state index in [1.54, 1.807) is 0 Å². The Hall–Kier alpha value is -1.20. The molecule has 0 spiro atoms. The maximum absolute atomic E-state index is 10.7. The summed E-state index contributed by atoms with van der Waals surface area (Å²) in [6.07, 6.45) is 0.154. The van der Waals surface area contributed by atoms with Crippen LogP contribution in [0.15, 0.2) is 34.2 Å². The van der Waals surface area contributed by atoms with Gasteiger partial charge in [0.2, 0.25) is 5.91 Å². The molecule has 0 aliphatic carbocycles. The molecule has 1 heterocycles. The summed E-state index contributed by atoms with van der Waals surface area (Å²) >= 11 is 1.45. The normalized spacial score (nSPS) is 12.9. The number of carbonyl (C=O) groups excluding carboxylic acids is 1. The maximum atomic E-state index is 10.7. The fourth-order valence-electron chi connectivity index (χ4n) is 1.16. The standard InChI is InChI=1S/C9H9N3OS.ClH/c10-8(13)5-9-11-6-3-1-2-4-7(6)14-12-9;/h1-4H,5H2,(H2,10,13)(H,11,12);1H. The second-order valence-corrected chi connectivity index (χ2v) is 3.72. The Morgan fingerprint density at radius 2 is 2.20 bits per heavy atom. The number of nitrogens with zero attached hydrogens (tertiary/aromatic N) is 1. The second kappa shape index (κ2) is 5.04. The highest BCUT2D eigenvalue weighted by Crippen LogP contribution is 2.30. The lowest BCUT2D eigenvalue weighted by atomic mass is 10.3. The molecule has 80 valence electrons. The average Bonchev–Trinajstić information content (AvgIpc) is 2.17. The number of primary amides is 1. The van der Waals surface area contributed by atoms with Crippen LogP contribution in [0, 0.1) is 0 Å². The quantitative estimate of drug-likeness (QED) is 0.776. The molecule has 0 radical (unpaired) electrons. The van der Waals surface area contributed by atoms with Crippen molar-refractivity contribution in [2.45, 2.75) is 11.3 Å². The highest BCUT2D eigenvalue weighted by Gasteiger charge is 2.12. The predicted octanol–water partition coefficient (Wildman–Crippen LogP) is 1.62. The number of nitrogens with one attached hydrogen (secondary N) is 1. The molecule has 1 aliphatic rings. The van der Waals surface area contributed by atoms with Crippen molar-refractivity contribution in [1.82, 2.24) is 4.72 Å². The molecular weight excluding hydrogens is 234 g/mol. The monoisotopic (exact) mass is 243 g/mol. The third-order valence-corrected chi connectivity index (χ3v) is 2.64. The topological polar surface area (TPSA) is 67.5 Å². The fourth-order valence-corrected chi connectivity index (χ4v) is 1.87. The first-order chi connectivity index (χ1) is 6.75. The molecule has 1 aromatic rings. The molecule has 1 amide bonds. The third kappa shape index (κ3) is 2.87. The van der Waals surface area contributed by atoms with Gasteiger partial charge in [0.05, 0.1) is 17.0 Å². The minimum absolute atomic E-state index is 0. The summed E-state index contributed by atoms with van der Waals surface area (Å²) in [5.41, 5.74) is 5.96. The number of amides is 1. The van der Waals surface area contributed by atoms with E-state index in [0.717, 1.165) is 10.6 Å². The van der Waals surface area contributed by atoms with E-state index in [2.05, 4.69) is 9.71 Å². The lowest BCUT2D eigenvalue weighted by Crippen LogP contribution is -2.25. The summed E-state index contributed by atoms with van der Waals surface area (Å²) in [5.74, 6) is 0.234. The molecular formula is C9H10ClN3OS. The molecule has 0 bridgehead atoms. The van der Waals surface area contributed by atoms with E-state index in [0.29, 0.717) is 5.84 Å². The smallest absolute Gasteiger partial charge is 0.225 e. The Kier molecular flexibility index (Phi) is 3.99. The van der Waals surface area contributed by atoms with E-state index in [1.165, 1.54) is 11.9 Å². The van der Waals surface area contributed by atoms with Crippen LogP contribution < -0.4 is 10.5 Å². The Bertz CT molecular complexity index is 408. The first-order valence-corrected chi connectivity index (χ1v) is 4.95. The third-order valence-electron chi connectivity index (χ3n) is 1.74. The fraction of sp³-hybridized carbons (Fsp3) is 0.111. The molecule has 15 heavy (non-hydrogen) atoms. The van der Waals surface area contributed by atoms with E-state index in [4.69, 9.17) is 5.73 Å². The number of benzene rings is 1.